The van der Waals surface area contributed by atoms with Gasteiger partial charge in [0.15, 0.2) is 11.0 Å². The molecule has 0 bridgehead atoms. The van der Waals surface area contributed by atoms with Gasteiger partial charge in [-0.1, -0.05) is 53.7 Å². The number of fused-ring (bicyclic) bond motifs is 1. The van der Waals surface area contributed by atoms with Crippen molar-refractivity contribution in [3.05, 3.63) is 76.6 Å². The van der Waals surface area contributed by atoms with E-state index in [9.17, 15) is 4.79 Å². The summed E-state index contributed by atoms with van der Waals surface area (Å²) in [4.78, 5) is 12.3. The zero-order valence-corrected chi connectivity index (χ0v) is 19.6. The Labute approximate surface area is 195 Å². The molecule has 0 saturated heterocycles. The predicted octanol–water partition coefficient (Wildman–Crippen LogP) is 5.55. The second kappa shape index (κ2) is 9.63. The van der Waals surface area contributed by atoms with Gasteiger partial charge in [0.05, 0.1) is 5.75 Å². The third kappa shape index (κ3) is 4.89. The minimum atomic E-state index is -0.118. The highest BCUT2D eigenvalue weighted by atomic mass is 35.5. The number of carbonyl (C=O) groups is 1. The van der Waals surface area contributed by atoms with Crippen molar-refractivity contribution in [1.29, 1.82) is 0 Å². The number of carbonyl (C=O) groups excluding carboxylic acids is 1. The minimum absolute atomic E-state index is 0.118. The smallest absolute Gasteiger partial charge is 0.234 e. The standard InChI is InChI=1S/C24H23ClN4O2S/c1-15-12-18(25)9-10-20(15)26-23(30)14-32-24-28-27-22(29(24)3)13-31-21-11-8-17-6-4-5-7-19(17)16(21)2/h4-12H,13-14H2,1-3H3,(H,26,30). The number of benzene rings is 3. The number of thioether (sulfide) groups is 1. The van der Waals surface area contributed by atoms with E-state index in [0.29, 0.717) is 22.6 Å². The minimum Gasteiger partial charge on any atom is -0.485 e. The predicted molar refractivity (Wildman–Crippen MR) is 130 cm³/mol. The molecule has 0 aliphatic rings. The van der Waals surface area contributed by atoms with E-state index < -0.39 is 0 Å². The largest absolute Gasteiger partial charge is 0.485 e. The van der Waals surface area contributed by atoms with E-state index in [2.05, 4.69) is 40.6 Å². The Morgan fingerprint density at radius 1 is 1.12 bits per heavy atom. The van der Waals surface area contributed by atoms with Crippen LogP contribution in [0.2, 0.25) is 5.02 Å². The molecule has 8 heteroatoms. The van der Waals surface area contributed by atoms with E-state index in [0.717, 1.165) is 22.6 Å². The van der Waals surface area contributed by atoms with E-state index in [1.54, 1.807) is 12.1 Å². The van der Waals surface area contributed by atoms with Gasteiger partial charge in [0.2, 0.25) is 5.91 Å². The average molecular weight is 467 g/mol. The maximum atomic E-state index is 12.3. The summed E-state index contributed by atoms with van der Waals surface area (Å²) >= 11 is 7.30. The molecule has 0 unspecified atom stereocenters. The molecule has 32 heavy (non-hydrogen) atoms. The molecule has 1 heterocycles. The van der Waals surface area contributed by atoms with Gasteiger partial charge in [0, 0.05) is 17.8 Å². The number of nitrogens with one attached hydrogen (secondary N) is 1. The number of nitrogens with zero attached hydrogens (tertiary/aromatic N) is 3. The normalized spacial score (nSPS) is 11.0. The topological polar surface area (TPSA) is 69.0 Å². The van der Waals surface area contributed by atoms with Crippen LogP contribution in [-0.2, 0) is 18.4 Å². The number of amides is 1. The SMILES string of the molecule is Cc1cc(Cl)ccc1NC(=O)CSc1nnc(COc2ccc3ccccc3c2C)n1C. The van der Waals surface area contributed by atoms with Crippen LogP contribution in [0.15, 0.2) is 59.8 Å². The van der Waals surface area contributed by atoms with Crippen LogP contribution in [0.4, 0.5) is 5.69 Å². The number of ether oxygens (including phenoxy) is 1. The Bertz CT molecular complexity index is 1290. The van der Waals surface area contributed by atoms with Crippen molar-refractivity contribution in [3.63, 3.8) is 0 Å². The molecule has 164 valence electrons. The van der Waals surface area contributed by atoms with Crippen molar-refractivity contribution in [1.82, 2.24) is 14.8 Å². The molecule has 4 rings (SSSR count). The Morgan fingerprint density at radius 2 is 1.94 bits per heavy atom. The molecule has 1 amide bonds. The summed E-state index contributed by atoms with van der Waals surface area (Å²) in [6.45, 7) is 4.25. The summed E-state index contributed by atoms with van der Waals surface area (Å²) < 4.78 is 7.88. The van der Waals surface area contributed by atoms with E-state index in [1.807, 2.05) is 42.8 Å². The molecular weight excluding hydrogens is 444 g/mol. The number of anilines is 1. The maximum absolute atomic E-state index is 12.3. The first-order valence-electron chi connectivity index (χ1n) is 10.1. The zero-order chi connectivity index (χ0) is 22.7. The number of rotatable bonds is 7. The Kier molecular flexibility index (Phi) is 6.67. The molecule has 3 aromatic carbocycles. The molecule has 0 spiro atoms. The summed E-state index contributed by atoms with van der Waals surface area (Å²) in [6, 6.07) is 17.6. The zero-order valence-electron chi connectivity index (χ0n) is 18.1. The molecule has 0 radical (unpaired) electrons. The lowest BCUT2D eigenvalue weighted by Gasteiger charge is -2.11. The van der Waals surface area contributed by atoms with Crippen molar-refractivity contribution < 1.29 is 9.53 Å². The molecule has 0 atom stereocenters. The van der Waals surface area contributed by atoms with E-state index in [-0.39, 0.29) is 11.7 Å². The van der Waals surface area contributed by atoms with Crippen LogP contribution in [0.3, 0.4) is 0 Å². The van der Waals surface area contributed by atoms with Gasteiger partial charge in [-0.25, -0.2) is 0 Å². The molecule has 4 aromatic rings. The van der Waals surface area contributed by atoms with Crippen LogP contribution in [0.5, 0.6) is 5.75 Å². The molecular formula is C24H23ClN4O2S. The van der Waals surface area contributed by atoms with Crippen molar-refractivity contribution in [2.75, 3.05) is 11.1 Å². The van der Waals surface area contributed by atoms with Crippen LogP contribution in [0, 0.1) is 13.8 Å². The summed E-state index contributed by atoms with van der Waals surface area (Å²) in [6.07, 6.45) is 0. The van der Waals surface area contributed by atoms with Gasteiger partial charge in [-0.2, -0.15) is 0 Å². The second-order valence-electron chi connectivity index (χ2n) is 7.45. The molecule has 6 nitrogen and oxygen atoms in total. The number of aromatic nitrogens is 3. The van der Waals surface area contributed by atoms with E-state index in [1.165, 1.54) is 22.5 Å². The van der Waals surface area contributed by atoms with Gasteiger partial charge >= 0.3 is 0 Å². The molecule has 0 fully saturated rings. The van der Waals surface area contributed by atoms with Crippen LogP contribution in [0.25, 0.3) is 10.8 Å². The molecule has 0 saturated carbocycles. The highest BCUT2D eigenvalue weighted by Gasteiger charge is 2.14. The summed E-state index contributed by atoms with van der Waals surface area (Å²) in [5, 5.41) is 15.0. The van der Waals surface area contributed by atoms with Crippen molar-refractivity contribution in [2.24, 2.45) is 7.05 Å². The fraction of sp³-hybridized carbons (Fsp3) is 0.208. The van der Waals surface area contributed by atoms with Gasteiger partial charge < -0.3 is 14.6 Å². The summed E-state index contributed by atoms with van der Waals surface area (Å²) in [5.41, 5.74) is 2.75. The Hall–Kier alpha value is -3.03. The van der Waals surface area contributed by atoms with Crippen LogP contribution in [0.1, 0.15) is 17.0 Å². The quantitative estimate of drug-likeness (QED) is 0.362. The van der Waals surface area contributed by atoms with Crippen LogP contribution in [-0.4, -0.2) is 26.4 Å². The maximum Gasteiger partial charge on any atom is 0.234 e. The van der Waals surface area contributed by atoms with E-state index >= 15 is 0 Å². The number of hydrogen-bond acceptors (Lipinski definition) is 5. The molecule has 0 aliphatic carbocycles. The third-order valence-corrected chi connectivity index (χ3v) is 6.48. The lowest BCUT2D eigenvalue weighted by molar-refractivity contribution is -0.113. The van der Waals surface area contributed by atoms with Gasteiger partial charge in [-0.3, -0.25) is 4.79 Å². The molecule has 1 aromatic heterocycles. The first-order chi connectivity index (χ1) is 15.4. The van der Waals surface area contributed by atoms with Crippen LogP contribution >= 0.6 is 23.4 Å². The van der Waals surface area contributed by atoms with Gasteiger partial charge in [-0.15, -0.1) is 10.2 Å². The lowest BCUT2D eigenvalue weighted by Crippen LogP contribution is -2.15. The Balaban J connectivity index is 1.36. The third-order valence-electron chi connectivity index (χ3n) is 5.23. The van der Waals surface area contributed by atoms with Gasteiger partial charge in [0.1, 0.15) is 12.4 Å². The number of halogens is 1. The monoisotopic (exact) mass is 466 g/mol. The highest BCUT2D eigenvalue weighted by Crippen LogP contribution is 2.28. The summed E-state index contributed by atoms with van der Waals surface area (Å²) in [5.74, 6) is 1.61. The fourth-order valence-corrected chi connectivity index (χ4v) is 4.34. The van der Waals surface area contributed by atoms with Gasteiger partial charge in [0.25, 0.3) is 0 Å². The second-order valence-corrected chi connectivity index (χ2v) is 8.83. The lowest BCUT2D eigenvalue weighted by atomic mass is 10.0. The first-order valence-corrected chi connectivity index (χ1v) is 11.5. The highest BCUT2D eigenvalue weighted by molar-refractivity contribution is 7.99. The van der Waals surface area contributed by atoms with Crippen molar-refractivity contribution in [2.45, 2.75) is 25.6 Å². The first kappa shape index (κ1) is 22.2. The summed E-state index contributed by atoms with van der Waals surface area (Å²) in [7, 11) is 1.87. The van der Waals surface area contributed by atoms with E-state index in [4.69, 9.17) is 16.3 Å². The van der Waals surface area contributed by atoms with Crippen molar-refractivity contribution >= 4 is 45.7 Å². The number of hydrogen-bond donors (Lipinski definition) is 1. The Morgan fingerprint density at radius 3 is 2.75 bits per heavy atom. The average Bonchev–Trinajstić information content (AvgIpc) is 3.13. The van der Waals surface area contributed by atoms with Crippen LogP contribution < -0.4 is 10.1 Å². The van der Waals surface area contributed by atoms with Crippen molar-refractivity contribution in [3.8, 4) is 5.75 Å². The molecule has 1 N–H and O–H groups in total. The van der Waals surface area contributed by atoms with Gasteiger partial charge in [-0.05, 0) is 60.0 Å². The fourth-order valence-electron chi connectivity index (χ4n) is 3.39. The number of aryl methyl sites for hydroxylation is 2. The molecule has 0 aliphatic heterocycles.